The maximum absolute atomic E-state index is 12.9. The highest BCUT2D eigenvalue weighted by molar-refractivity contribution is 5.95. The van der Waals surface area contributed by atoms with Crippen LogP contribution in [0.4, 0.5) is 4.39 Å². The molecule has 0 amide bonds. The highest BCUT2D eigenvalue weighted by atomic mass is 19.1. The molecule has 3 nitrogen and oxygen atoms in total. The second kappa shape index (κ2) is 7.93. The summed E-state index contributed by atoms with van der Waals surface area (Å²) in [4.78, 5) is 15.6. The second-order valence-corrected chi connectivity index (χ2v) is 4.59. The fourth-order valence-corrected chi connectivity index (χ4v) is 2.12. The van der Waals surface area contributed by atoms with Gasteiger partial charge in [-0.25, -0.2) is 4.39 Å². The average molecular weight is 252 g/mol. The summed E-state index contributed by atoms with van der Waals surface area (Å²) in [5.41, 5.74) is 5.91. The zero-order chi connectivity index (χ0) is 13.4. The number of nitrogens with two attached hydrogens (primary N) is 1. The monoisotopic (exact) mass is 252 g/mol. The van der Waals surface area contributed by atoms with Gasteiger partial charge in [0, 0.05) is 18.2 Å². The van der Waals surface area contributed by atoms with Crippen molar-refractivity contribution in [3.05, 3.63) is 29.8 Å². The third-order valence-electron chi connectivity index (χ3n) is 3.08. The largest absolute Gasteiger partial charge is 0.330 e. The van der Waals surface area contributed by atoms with Crippen LogP contribution in [0.1, 0.15) is 49.4 Å². The predicted molar refractivity (Wildman–Crippen MR) is 69.8 cm³/mol. The molecule has 0 aliphatic heterocycles. The topological polar surface area (TPSA) is 56.0 Å². The van der Waals surface area contributed by atoms with E-state index in [-0.39, 0.29) is 5.78 Å². The molecule has 1 aromatic heterocycles. The summed E-state index contributed by atoms with van der Waals surface area (Å²) in [6.07, 6.45) is 6.92. The molecule has 0 bridgehead atoms. The Balaban J connectivity index is 2.49. The number of hydrogen-bond donors (Lipinski definition) is 1. The number of pyridine rings is 1. The van der Waals surface area contributed by atoms with Crippen molar-refractivity contribution in [3.63, 3.8) is 0 Å². The van der Waals surface area contributed by atoms with Crippen molar-refractivity contribution in [1.29, 1.82) is 0 Å². The Kier molecular flexibility index (Phi) is 6.50. The number of Topliss-reactive ketones (excluding diaryl/α,β-unsaturated/α-hetero) is 1. The summed E-state index contributed by atoms with van der Waals surface area (Å²) in [5, 5.41) is 0. The summed E-state index contributed by atoms with van der Waals surface area (Å²) in [6.45, 7) is 2.78. The highest BCUT2D eigenvalue weighted by Gasteiger charge is 2.12. The Morgan fingerprint density at radius 1 is 1.39 bits per heavy atom. The predicted octanol–water partition coefficient (Wildman–Crippen LogP) is 2.95. The molecular weight excluding hydrogens is 231 g/mol. The quantitative estimate of drug-likeness (QED) is 0.724. The molecule has 0 saturated heterocycles. The molecule has 2 N–H and O–H groups in total. The van der Waals surface area contributed by atoms with Crippen LogP contribution in [0.15, 0.2) is 18.5 Å². The molecule has 1 unspecified atom stereocenters. The van der Waals surface area contributed by atoms with Gasteiger partial charge in [0.25, 0.3) is 0 Å². The van der Waals surface area contributed by atoms with Crippen molar-refractivity contribution in [1.82, 2.24) is 4.98 Å². The summed E-state index contributed by atoms with van der Waals surface area (Å²) < 4.78 is 12.9. The van der Waals surface area contributed by atoms with E-state index in [4.69, 9.17) is 5.73 Å². The Morgan fingerprint density at radius 3 is 2.78 bits per heavy atom. The van der Waals surface area contributed by atoms with Crippen molar-refractivity contribution in [2.75, 3.05) is 6.54 Å². The lowest BCUT2D eigenvalue weighted by atomic mass is 9.92. The molecule has 0 fully saturated rings. The molecule has 1 heterocycles. The molecule has 0 spiro atoms. The molecule has 1 rings (SSSR count). The minimum Gasteiger partial charge on any atom is -0.330 e. The SMILES string of the molecule is CCCC(CCN)CCC(=O)c1cncc(F)c1. The Morgan fingerprint density at radius 2 is 2.17 bits per heavy atom. The Labute approximate surface area is 108 Å². The van der Waals surface area contributed by atoms with Crippen LogP contribution >= 0.6 is 0 Å². The molecule has 0 radical (unpaired) electrons. The molecule has 18 heavy (non-hydrogen) atoms. The van der Waals surface area contributed by atoms with E-state index in [2.05, 4.69) is 11.9 Å². The van der Waals surface area contributed by atoms with Crippen LogP contribution in [-0.2, 0) is 0 Å². The Hall–Kier alpha value is -1.29. The van der Waals surface area contributed by atoms with Crippen LogP contribution in [-0.4, -0.2) is 17.3 Å². The normalized spacial score (nSPS) is 12.4. The van der Waals surface area contributed by atoms with Crippen LogP contribution < -0.4 is 5.73 Å². The number of hydrogen-bond acceptors (Lipinski definition) is 3. The van der Waals surface area contributed by atoms with Gasteiger partial charge in [0.2, 0.25) is 0 Å². The van der Waals surface area contributed by atoms with Crippen molar-refractivity contribution >= 4 is 5.78 Å². The molecule has 0 aromatic carbocycles. The summed E-state index contributed by atoms with van der Waals surface area (Å²) >= 11 is 0. The fourth-order valence-electron chi connectivity index (χ4n) is 2.12. The Bertz CT molecular complexity index is 376. The van der Waals surface area contributed by atoms with E-state index in [0.29, 0.717) is 24.4 Å². The van der Waals surface area contributed by atoms with E-state index in [1.165, 1.54) is 12.3 Å². The van der Waals surface area contributed by atoms with E-state index < -0.39 is 5.82 Å². The van der Waals surface area contributed by atoms with Crippen molar-refractivity contribution in [3.8, 4) is 0 Å². The van der Waals surface area contributed by atoms with Crippen LogP contribution in [0.25, 0.3) is 0 Å². The summed E-state index contributed by atoms with van der Waals surface area (Å²) in [5.74, 6) is -0.0153. The van der Waals surface area contributed by atoms with E-state index in [9.17, 15) is 9.18 Å². The number of nitrogens with zero attached hydrogens (tertiary/aromatic N) is 1. The van der Waals surface area contributed by atoms with Crippen LogP contribution in [0, 0.1) is 11.7 Å². The van der Waals surface area contributed by atoms with Gasteiger partial charge in [0.1, 0.15) is 5.82 Å². The zero-order valence-electron chi connectivity index (χ0n) is 10.9. The summed E-state index contributed by atoms with van der Waals surface area (Å²) in [7, 11) is 0. The third kappa shape index (κ3) is 4.92. The van der Waals surface area contributed by atoms with E-state index in [1.807, 2.05) is 0 Å². The zero-order valence-corrected chi connectivity index (χ0v) is 10.9. The lowest BCUT2D eigenvalue weighted by Crippen LogP contribution is -2.11. The van der Waals surface area contributed by atoms with E-state index in [1.54, 1.807) is 0 Å². The average Bonchev–Trinajstić information content (AvgIpc) is 2.36. The molecule has 1 atom stereocenters. The number of carbonyl (C=O) groups is 1. The molecule has 0 aliphatic carbocycles. The van der Waals surface area contributed by atoms with Gasteiger partial charge in [-0.3, -0.25) is 9.78 Å². The molecule has 100 valence electrons. The number of carbonyl (C=O) groups excluding carboxylic acids is 1. The standard InChI is InChI=1S/C14H21FN2O/c1-2-3-11(6-7-16)4-5-14(18)12-8-13(15)10-17-9-12/h8-11H,2-7,16H2,1H3. The van der Waals surface area contributed by atoms with Crippen LogP contribution in [0.3, 0.4) is 0 Å². The highest BCUT2D eigenvalue weighted by Crippen LogP contribution is 2.18. The van der Waals surface area contributed by atoms with Gasteiger partial charge in [-0.1, -0.05) is 19.8 Å². The minimum absolute atomic E-state index is 0.0416. The van der Waals surface area contributed by atoms with Crippen LogP contribution in [0.2, 0.25) is 0 Å². The van der Waals surface area contributed by atoms with Gasteiger partial charge < -0.3 is 5.73 Å². The van der Waals surface area contributed by atoms with Crippen molar-refractivity contribution in [2.45, 2.75) is 39.0 Å². The fraction of sp³-hybridized carbons (Fsp3) is 0.571. The van der Waals surface area contributed by atoms with Crippen molar-refractivity contribution in [2.24, 2.45) is 11.7 Å². The lowest BCUT2D eigenvalue weighted by molar-refractivity contribution is 0.0971. The maximum atomic E-state index is 12.9. The van der Waals surface area contributed by atoms with Gasteiger partial charge in [-0.2, -0.15) is 0 Å². The first-order valence-corrected chi connectivity index (χ1v) is 6.51. The lowest BCUT2D eigenvalue weighted by Gasteiger charge is -2.14. The van der Waals surface area contributed by atoms with Gasteiger partial charge >= 0.3 is 0 Å². The van der Waals surface area contributed by atoms with Gasteiger partial charge in [-0.05, 0) is 31.4 Å². The van der Waals surface area contributed by atoms with Gasteiger partial charge in [0.15, 0.2) is 5.78 Å². The minimum atomic E-state index is -0.465. The molecular formula is C14H21FN2O. The van der Waals surface area contributed by atoms with E-state index in [0.717, 1.165) is 31.9 Å². The number of halogens is 1. The van der Waals surface area contributed by atoms with Crippen LogP contribution in [0.5, 0.6) is 0 Å². The number of ketones is 1. The maximum Gasteiger partial charge on any atom is 0.164 e. The molecule has 0 aliphatic rings. The summed E-state index contributed by atoms with van der Waals surface area (Å²) in [6, 6.07) is 1.24. The number of rotatable bonds is 8. The van der Waals surface area contributed by atoms with Gasteiger partial charge in [0.05, 0.1) is 6.20 Å². The number of aromatic nitrogens is 1. The van der Waals surface area contributed by atoms with Gasteiger partial charge in [-0.15, -0.1) is 0 Å². The second-order valence-electron chi connectivity index (χ2n) is 4.59. The molecule has 4 heteroatoms. The first-order valence-electron chi connectivity index (χ1n) is 6.51. The first-order chi connectivity index (χ1) is 8.67. The van der Waals surface area contributed by atoms with Crippen molar-refractivity contribution < 1.29 is 9.18 Å². The molecule has 1 aromatic rings. The molecule has 0 saturated carbocycles. The smallest absolute Gasteiger partial charge is 0.164 e. The first kappa shape index (κ1) is 14.8. The third-order valence-corrected chi connectivity index (χ3v) is 3.08. The van der Waals surface area contributed by atoms with E-state index >= 15 is 0 Å².